The highest BCUT2D eigenvalue weighted by atomic mass is 32.2. The number of benzene rings is 2. The monoisotopic (exact) mass is 286 g/mol. The molecule has 0 heterocycles. The molecular formula is C17H18O2S. The predicted molar refractivity (Wildman–Crippen MR) is 82.5 cm³/mol. The molecule has 20 heavy (non-hydrogen) atoms. The van der Waals surface area contributed by atoms with Crippen molar-refractivity contribution in [1.29, 1.82) is 0 Å². The number of rotatable bonds is 4. The van der Waals surface area contributed by atoms with Crippen molar-refractivity contribution >= 4 is 17.7 Å². The van der Waals surface area contributed by atoms with Gasteiger partial charge in [-0.25, -0.2) is 4.79 Å². The molecule has 104 valence electrons. The number of carbonyl (C=O) groups is 1. The second-order valence-electron chi connectivity index (χ2n) is 4.56. The summed E-state index contributed by atoms with van der Waals surface area (Å²) in [6.07, 6.45) is 1.06. The zero-order valence-electron chi connectivity index (χ0n) is 12.0. The fourth-order valence-corrected chi connectivity index (χ4v) is 2.96. The van der Waals surface area contributed by atoms with E-state index >= 15 is 0 Å². The van der Waals surface area contributed by atoms with Gasteiger partial charge in [-0.3, -0.25) is 0 Å². The molecule has 0 fully saturated rings. The summed E-state index contributed by atoms with van der Waals surface area (Å²) in [5.41, 5.74) is 3.29. The van der Waals surface area contributed by atoms with Crippen molar-refractivity contribution in [2.45, 2.75) is 30.1 Å². The number of esters is 1. The molecule has 0 radical (unpaired) electrons. The van der Waals surface area contributed by atoms with E-state index < -0.39 is 0 Å². The van der Waals surface area contributed by atoms with Gasteiger partial charge in [-0.05, 0) is 60.9 Å². The summed E-state index contributed by atoms with van der Waals surface area (Å²) < 4.78 is 4.69. The van der Waals surface area contributed by atoms with Gasteiger partial charge < -0.3 is 4.74 Å². The molecule has 0 bridgehead atoms. The molecule has 0 atom stereocenters. The first kappa shape index (κ1) is 14.7. The standard InChI is InChI=1S/C17H18O2S/c1-4-13-5-10-16(11-12(13)2)20-15-8-6-14(7-9-15)17(18)19-3/h5-11H,4H2,1-3H3. The van der Waals surface area contributed by atoms with Crippen LogP contribution >= 0.6 is 11.8 Å². The predicted octanol–water partition coefficient (Wildman–Crippen LogP) is 4.50. The largest absolute Gasteiger partial charge is 0.465 e. The summed E-state index contributed by atoms with van der Waals surface area (Å²) in [6, 6.07) is 14.0. The van der Waals surface area contributed by atoms with Gasteiger partial charge in [-0.15, -0.1) is 0 Å². The van der Waals surface area contributed by atoms with Crippen LogP contribution in [-0.2, 0) is 11.2 Å². The van der Waals surface area contributed by atoms with Crippen molar-refractivity contribution in [3.63, 3.8) is 0 Å². The minimum Gasteiger partial charge on any atom is -0.465 e. The summed E-state index contributed by atoms with van der Waals surface area (Å²) >= 11 is 1.70. The lowest BCUT2D eigenvalue weighted by atomic mass is 10.1. The molecule has 2 rings (SSSR count). The minimum absolute atomic E-state index is 0.301. The molecule has 0 aliphatic heterocycles. The Morgan fingerprint density at radius 1 is 1.10 bits per heavy atom. The maximum absolute atomic E-state index is 11.4. The molecule has 2 nitrogen and oxygen atoms in total. The summed E-state index contributed by atoms with van der Waals surface area (Å²) in [5.74, 6) is -0.301. The fraction of sp³-hybridized carbons (Fsp3) is 0.235. The van der Waals surface area contributed by atoms with E-state index in [1.165, 1.54) is 23.1 Å². The molecule has 0 amide bonds. The Bertz CT molecular complexity index is 603. The Balaban J connectivity index is 2.14. The van der Waals surface area contributed by atoms with E-state index in [4.69, 9.17) is 0 Å². The average Bonchev–Trinajstić information content (AvgIpc) is 2.47. The number of ether oxygens (including phenoxy) is 1. The Morgan fingerprint density at radius 2 is 1.75 bits per heavy atom. The van der Waals surface area contributed by atoms with E-state index in [9.17, 15) is 4.79 Å². The van der Waals surface area contributed by atoms with Gasteiger partial charge in [0.1, 0.15) is 0 Å². The Kier molecular flexibility index (Phi) is 4.85. The highest BCUT2D eigenvalue weighted by Crippen LogP contribution is 2.29. The Hall–Kier alpha value is -1.74. The van der Waals surface area contributed by atoms with Gasteiger partial charge in [0, 0.05) is 9.79 Å². The number of hydrogen-bond donors (Lipinski definition) is 0. The van der Waals surface area contributed by atoms with Crippen molar-refractivity contribution in [1.82, 2.24) is 0 Å². The highest BCUT2D eigenvalue weighted by molar-refractivity contribution is 7.99. The van der Waals surface area contributed by atoms with E-state index in [-0.39, 0.29) is 5.97 Å². The SMILES string of the molecule is CCc1ccc(Sc2ccc(C(=O)OC)cc2)cc1C. The molecule has 0 spiro atoms. The molecular weight excluding hydrogens is 268 g/mol. The third-order valence-corrected chi connectivity index (χ3v) is 4.20. The van der Waals surface area contributed by atoms with Crippen LogP contribution in [0.4, 0.5) is 0 Å². The van der Waals surface area contributed by atoms with Gasteiger partial charge in [-0.2, -0.15) is 0 Å². The molecule has 0 aliphatic carbocycles. The van der Waals surface area contributed by atoms with E-state index in [0.29, 0.717) is 5.56 Å². The van der Waals surface area contributed by atoms with Crippen molar-refractivity contribution < 1.29 is 9.53 Å². The quantitative estimate of drug-likeness (QED) is 0.774. The van der Waals surface area contributed by atoms with Gasteiger partial charge in [0.25, 0.3) is 0 Å². The normalized spacial score (nSPS) is 10.3. The second-order valence-corrected chi connectivity index (χ2v) is 5.71. The van der Waals surface area contributed by atoms with Crippen molar-refractivity contribution in [3.8, 4) is 0 Å². The van der Waals surface area contributed by atoms with Crippen LogP contribution in [0.1, 0.15) is 28.4 Å². The van der Waals surface area contributed by atoms with Crippen molar-refractivity contribution in [2.75, 3.05) is 7.11 Å². The van der Waals surface area contributed by atoms with Crippen LogP contribution in [0.3, 0.4) is 0 Å². The Morgan fingerprint density at radius 3 is 2.30 bits per heavy atom. The summed E-state index contributed by atoms with van der Waals surface area (Å²) in [7, 11) is 1.39. The number of hydrogen-bond acceptors (Lipinski definition) is 3. The van der Waals surface area contributed by atoms with Crippen LogP contribution in [0, 0.1) is 6.92 Å². The van der Waals surface area contributed by atoms with Gasteiger partial charge in [-0.1, -0.05) is 24.8 Å². The van der Waals surface area contributed by atoms with Crippen molar-refractivity contribution in [3.05, 3.63) is 59.2 Å². The maximum Gasteiger partial charge on any atom is 0.337 e. The van der Waals surface area contributed by atoms with Crippen LogP contribution in [0.5, 0.6) is 0 Å². The molecule has 0 aromatic heterocycles. The van der Waals surface area contributed by atoms with Crippen molar-refractivity contribution in [2.24, 2.45) is 0 Å². The van der Waals surface area contributed by atoms with Gasteiger partial charge in [0.2, 0.25) is 0 Å². The maximum atomic E-state index is 11.4. The van der Waals surface area contributed by atoms with Gasteiger partial charge >= 0.3 is 5.97 Å². The number of methoxy groups -OCH3 is 1. The first-order valence-electron chi connectivity index (χ1n) is 6.59. The third kappa shape index (κ3) is 3.42. The number of carbonyl (C=O) groups excluding carboxylic acids is 1. The average molecular weight is 286 g/mol. The zero-order chi connectivity index (χ0) is 14.5. The molecule has 0 saturated carbocycles. The first-order valence-corrected chi connectivity index (χ1v) is 7.41. The molecule has 0 aliphatic rings. The Labute approximate surface area is 124 Å². The first-order chi connectivity index (χ1) is 9.63. The van der Waals surface area contributed by atoms with E-state index in [1.807, 2.05) is 12.1 Å². The topological polar surface area (TPSA) is 26.3 Å². The van der Waals surface area contributed by atoms with Crippen LogP contribution in [0.2, 0.25) is 0 Å². The third-order valence-electron chi connectivity index (χ3n) is 3.21. The van der Waals surface area contributed by atoms with Gasteiger partial charge in [0.05, 0.1) is 12.7 Å². The molecule has 0 N–H and O–H groups in total. The summed E-state index contributed by atoms with van der Waals surface area (Å²) in [5, 5.41) is 0. The lowest BCUT2D eigenvalue weighted by molar-refractivity contribution is 0.0600. The van der Waals surface area contributed by atoms with E-state index in [1.54, 1.807) is 23.9 Å². The molecule has 0 saturated heterocycles. The summed E-state index contributed by atoms with van der Waals surface area (Å²) in [4.78, 5) is 13.7. The molecule has 2 aromatic carbocycles. The lowest BCUT2D eigenvalue weighted by Gasteiger charge is -2.07. The second kappa shape index (κ2) is 6.62. The highest BCUT2D eigenvalue weighted by Gasteiger charge is 2.05. The zero-order valence-corrected chi connectivity index (χ0v) is 12.8. The smallest absolute Gasteiger partial charge is 0.337 e. The minimum atomic E-state index is -0.301. The molecule has 3 heteroatoms. The van der Waals surface area contributed by atoms with Crippen LogP contribution in [0.15, 0.2) is 52.3 Å². The van der Waals surface area contributed by atoms with E-state index in [2.05, 4.69) is 36.8 Å². The van der Waals surface area contributed by atoms with E-state index in [0.717, 1.165) is 11.3 Å². The molecule has 0 unspecified atom stereocenters. The number of aryl methyl sites for hydroxylation is 2. The molecule has 2 aromatic rings. The van der Waals surface area contributed by atoms with Crippen LogP contribution in [-0.4, -0.2) is 13.1 Å². The fourth-order valence-electron chi connectivity index (χ4n) is 2.04. The van der Waals surface area contributed by atoms with Gasteiger partial charge in [0.15, 0.2) is 0 Å². The van der Waals surface area contributed by atoms with Crippen LogP contribution in [0.25, 0.3) is 0 Å². The lowest BCUT2D eigenvalue weighted by Crippen LogP contribution is -2.00. The van der Waals surface area contributed by atoms with Crippen LogP contribution < -0.4 is 0 Å². The summed E-state index contributed by atoms with van der Waals surface area (Å²) in [6.45, 7) is 4.31.